The van der Waals surface area contributed by atoms with Crippen LogP contribution in [-0.4, -0.2) is 57.8 Å². The number of imidazole rings is 1. The molecule has 0 unspecified atom stereocenters. The van der Waals surface area contributed by atoms with E-state index >= 15 is 0 Å². The monoisotopic (exact) mass is 528 g/mol. The quantitative estimate of drug-likeness (QED) is 0.361. The van der Waals surface area contributed by atoms with Gasteiger partial charge < -0.3 is 20.9 Å². The summed E-state index contributed by atoms with van der Waals surface area (Å²) in [6, 6.07) is 10.6. The number of hydrogen-bond acceptors (Lipinski definition) is 5. The van der Waals surface area contributed by atoms with Crippen LogP contribution in [0.1, 0.15) is 59.0 Å². The summed E-state index contributed by atoms with van der Waals surface area (Å²) < 4.78 is 13.3. The number of halogens is 2. The SMILES string of the molecule is CC(C)N(CCN(C(=O)c1nc[nH]c1C(N)=O)c1ccc(NC(=O)c2ccc(F)cc2Cl)cc1)C(C)C. The molecule has 1 aromatic heterocycles. The van der Waals surface area contributed by atoms with Crippen LogP contribution in [0.4, 0.5) is 15.8 Å². The molecule has 3 amide bonds. The summed E-state index contributed by atoms with van der Waals surface area (Å²) in [6.45, 7) is 9.20. The summed E-state index contributed by atoms with van der Waals surface area (Å²) in [7, 11) is 0. The van der Waals surface area contributed by atoms with Crippen molar-refractivity contribution in [3.63, 3.8) is 0 Å². The molecule has 0 saturated carbocycles. The van der Waals surface area contributed by atoms with Crippen LogP contribution in [0.5, 0.6) is 0 Å². The van der Waals surface area contributed by atoms with Crippen molar-refractivity contribution >= 4 is 40.7 Å². The summed E-state index contributed by atoms with van der Waals surface area (Å²) in [5.74, 6) is -2.32. The number of nitrogens with two attached hydrogens (primary N) is 1. The number of nitrogens with zero attached hydrogens (tertiary/aromatic N) is 3. The van der Waals surface area contributed by atoms with Gasteiger partial charge in [-0.25, -0.2) is 9.37 Å². The van der Waals surface area contributed by atoms with Crippen LogP contribution < -0.4 is 16.0 Å². The third-order valence-corrected chi connectivity index (χ3v) is 6.17. The number of carbonyl (C=O) groups excluding carboxylic acids is 3. The number of H-pyrrole nitrogens is 1. The molecular formula is C26H30ClFN6O3. The molecule has 0 bridgehead atoms. The van der Waals surface area contributed by atoms with Crippen molar-refractivity contribution in [3.05, 3.63) is 76.6 Å². The topological polar surface area (TPSA) is 124 Å². The number of aromatic nitrogens is 2. The van der Waals surface area contributed by atoms with Crippen LogP contribution in [0.3, 0.4) is 0 Å². The Labute approximate surface area is 219 Å². The van der Waals surface area contributed by atoms with E-state index in [4.69, 9.17) is 17.3 Å². The molecule has 0 spiro atoms. The minimum absolute atomic E-state index is 0.00462. The second kappa shape index (κ2) is 12.0. The lowest BCUT2D eigenvalue weighted by molar-refractivity contribution is 0.0949. The highest BCUT2D eigenvalue weighted by Crippen LogP contribution is 2.23. The number of amides is 3. The Kier molecular flexibility index (Phi) is 9.01. The normalized spacial score (nSPS) is 11.3. The van der Waals surface area contributed by atoms with Crippen LogP contribution in [0, 0.1) is 5.82 Å². The first-order valence-electron chi connectivity index (χ1n) is 11.8. The minimum Gasteiger partial charge on any atom is -0.364 e. The molecule has 9 nitrogen and oxygen atoms in total. The molecule has 0 radical (unpaired) electrons. The molecule has 37 heavy (non-hydrogen) atoms. The van der Waals surface area contributed by atoms with Crippen LogP contribution in [-0.2, 0) is 0 Å². The van der Waals surface area contributed by atoms with Crippen LogP contribution >= 0.6 is 11.6 Å². The molecule has 11 heteroatoms. The van der Waals surface area contributed by atoms with Gasteiger partial charge in [-0.15, -0.1) is 0 Å². The summed E-state index contributed by atoms with van der Waals surface area (Å²) in [6.07, 6.45) is 1.25. The van der Waals surface area contributed by atoms with Gasteiger partial charge in [0.25, 0.3) is 17.7 Å². The zero-order chi connectivity index (χ0) is 27.3. The first-order valence-corrected chi connectivity index (χ1v) is 12.1. The molecular weight excluding hydrogens is 499 g/mol. The fourth-order valence-electron chi connectivity index (χ4n) is 4.04. The number of primary amides is 1. The van der Waals surface area contributed by atoms with Crippen molar-refractivity contribution in [2.24, 2.45) is 5.73 Å². The summed E-state index contributed by atoms with van der Waals surface area (Å²) in [4.78, 5) is 48.3. The van der Waals surface area contributed by atoms with Crippen LogP contribution in [0.15, 0.2) is 48.8 Å². The average Bonchev–Trinajstić information content (AvgIpc) is 3.32. The highest BCUT2D eigenvalue weighted by molar-refractivity contribution is 6.34. The second-order valence-corrected chi connectivity index (χ2v) is 9.40. The van der Waals surface area contributed by atoms with E-state index in [2.05, 4.69) is 47.9 Å². The number of nitrogens with one attached hydrogen (secondary N) is 2. The summed E-state index contributed by atoms with van der Waals surface area (Å²) in [5, 5.41) is 2.70. The van der Waals surface area contributed by atoms with Gasteiger partial charge in [0, 0.05) is 36.5 Å². The van der Waals surface area contributed by atoms with Gasteiger partial charge in [-0.1, -0.05) is 11.6 Å². The first kappa shape index (κ1) is 27.8. The Balaban J connectivity index is 1.87. The van der Waals surface area contributed by atoms with Gasteiger partial charge in [0.05, 0.1) is 16.9 Å². The fraction of sp³-hybridized carbons (Fsp3) is 0.308. The highest BCUT2D eigenvalue weighted by atomic mass is 35.5. The standard InChI is InChI=1S/C26H30ClFN6O3/c1-15(2)33(16(3)4)11-12-34(26(37)23-22(24(29)35)30-14-31-23)19-8-6-18(7-9-19)32-25(36)20-10-5-17(28)13-21(20)27/h5-10,13-16H,11-12H2,1-4H3,(H2,29,35)(H,30,31)(H,32,36). The first-order chi connectivity index (χ1) is 17.5. The van der Waals surface area contributed by atoms with Crippen molar-refractivity contribution in [2.45, 2.75) is 39.8 Å². The average molecular weight is 529 g/mol. The van der Waals surface area contributed by atoms with E-state index in [-0.39, 0.29) is 34.1 Å². The largest absolute Gasteiger partial charge is 0.364 e. The summed E-state index contributed by atoms with van der Waals surface area (Å²) in [5.41, 5.74) is 6.38. The number of anilines is 2. The molecule has 3 aromatic rings. The van der Waals surface area contributed by atoms with E-state index in [1.807, 2.05) is 0 Å². The van der Waals surface area contributed by atoms with Crippen LogP contribution in [0.25, 0.3) is 0 Å². The lowest BCUT2D eigenvalue weighted by Crippen LogP contribution is -2.44. The fourth-order valence-corrected chi connectivity index (χ4v) is 4.30. The number of hydrogen-bond donors (Lipinski definition) is 3. The second-order valence-electron chi connectivity index (χ2n) is 9.00. The van der Waals surface area contributed by atoms with E-state index in [9.17, 15) is 18.8 Å². The maximum Gasteiger partial charge on any atom is 0.279 e. The molecule has 1 heterocycles. The lowest BCUT2D eigenvalue weighted by atomic mass is 10.2. The molecule has 0 atom stereocenters. The Hall–Kier alpha value is -3.76. The summed E-state index contributed by atoms with van der Waals surface area (Å²) >= 11 is 5.99. The van der Waals surface area contributed by atoms with E-state index in [1.54, 1.807) is 24.3 Å². The van der Waals surface area contributed by atoms with Gasteiger partial charge in [0.2, 0.25) is 0 Å². The zero-order valence-electron chi connectivity index (χ0n) is 21.1. The van der Waals surface area contributed by atoms with Crippen molar-refractivity contribution in [2.75, 3.05) is 23.3 Å². The van der Waals surface area contributed by atoms with Gasteiger partial charge in [-0.3, -0.25) is 19.3 Å². The van der Waals surface area contributed by atoms with Gasteiger partial charge >= 0.3 is 0 Å². The molecule has 0 fully saturated rings. The van der Waals surface area contributed by atoms with Gasteiger partial charge in [0.1, 0.15) is 11.5 Å². The molecule has 2 aromatic carbocycles. The van der Waals surface area contributed by atoms with Crippen molar-refractivity contribution in [3.8, 4) is 0 Å². The Bertz CT molecular complexity index is 1270. The predicted octanol–water partition coefficient (Wildman–Crippen LogP) is 4.32. The van der Waals surface area contributed by atoms with E-state index in [0.29, 0.717) is 24.5 Å². The number of rotatable bonds is 10. The molecule has 4 N–H and O–H groups in total. The predicted molar refractivity (Wildman–Crippen MR) is 142 cm³/mol. The van der Waals surface area contributed by atoms with Crippen LogP contribution in [0.2, 0.25) is 5.02 Å². The Morgan fingerprint density at radius 1 is 1.05 bits per heavy atom. The van der Waals surface area contributed by atoms with Gasteiger partial charge in [-0.05, 0) is 70.2 Å². The van der Waals surface area contributed by atoms with E-state index in [0.717, 1.165) is 12.1 Å². The number of aromatic amines is 1. The van der Waals surface area contributed by atoms with Crippen molar-refractivity contribution in [1.29, 1.82) is 0 Å². The Morgan fingerprint density at radius 2 is 1.70 bits per heavy atom. The van der Waals surface area contributed by atoms with Gasteiger partial charge in [0.15, 0.2) is 5.69 Å². The molecule has 196 valence electrons. The number of carbonyl (C=O) groups is 3. The lowest BCUT2D eigenvalue weighted by Gasteiger charge is -2.33. The molecule has 0 aliphatic rings. The molecule has 0 aliphatic carbocycles. The maximum absolute atomic E-state index is 13.5. The number of benzene rings is 2. The highest BCUT2D eigenvalue weighted by Gasteiger charge is 2.26. The maximum atomic E-state index is 13.5. The van der Waals surface area contributed by atoms with E-state index < -0.39 is 23.5 Å². The van der Waals surface area contributed by atoms with E-state index in [1.165, 1.54) is 17.3 Å². The van der Waals surface area contributed by atoms with Crippen molar-refractivity contribution < 1.29 is 18.8 Å². The molecule has 0 saturated heterocycles. The molecule has 0 aliphatic heterocycles. The Morgan fingerprint density at radius 3 is 2.27 bits per heavy atom. The van der Waals surface area contributed by atoms with Gasteiger partial charge in [-0.2, -0.15) is 0 Å². The minimum atomic E-state index is -0.788. The van der Waals surface area contributed by atoms with Crippen molar-refractivity contribution in [1.82, 2.24) is 14.9 Å². The zero-order valence-corrected chi connectivity index (χ0v) is 21.8. The smallest absolute Gasteiger partial charge is 0.279 e. The third kappa shape index (κ3) is 6.72. The third-order valence-electron chi connectivity index (χ3n) is 5.85. The molecule has 3 rings (SSSR count).